The normalized spacial score (nSPS) is 15.4. The average molecular weight is 301 g/mol. The summed E-state index contributed by atoms with van der Waals surface area (Å²) in [7, 11) is 3.14. The van der Waals surface area contributed by atoms with Crippen LogP contribution in [0.1, 0.15) is 23.2 Å². The van der Waals surface area contributed by atoms with Gasteiger partial charge in [0.15, 0.2) is 11.5 Å². The van der Waals surface area contributed by atoms with E-state index in [0.29, 0.717) is 30.2 Å². The highest BCUT2D eigenvalue weighted by Crippen LogP contribution is 2.28. The van der Waals surface area contributed by atoms with Crippen molar-refractivity contribution in [3.8, 4) is 11.5 Å². The number of hydrogen-bond donors (Lipinski definition) is 1. The Hall–Kier alpha value is -1.46. The van der Waals surface area contributed by atoms with E-state index in [4.69, 9.17) is 15.2 Å². The van der Waals surface area contributed by atoms with Crippen LogP contribution < -0.4 is 15.2 Å². The lowest BCUT2D eigenvalue weighted by atomic mass is 10.0. The Morgan fingerprint density at radius 2 is 1.80 bits per heavy atom. The van der Waals surface area contributed by atoms with Crippen molar-refractivity contribution in [2.75, 3.05) is 27.3 Å². The second kappa shape index (κ2) is 7.36. The molecule has 0 aliphatic carbocycles. The molecule has 1 aliphatic heterocycles. The van der Waals surface area contributed by atoms with E-state index in [0.717, 1.165) is 12.8 Å². The second-order valence-electron chi connectivity index (χ2n) is 4.70. The van der Waals surface area contributed by atoms with Crippen molar-refractivity contribution in [1.29, 1.82) is 0 Å². The summed E-state index contributed by atoms with van der Waals surface area (Å²) in [6, 6.07) is 5.45. The Morgan fingerprint density at radius 1 is 1.20 bits per heavy atom. The van der Waals surface area contributed by atoms with Crippen LogP contribution in [0.15, 0.2) is 18.2 Å². The third kappa shape index (κ3) is 3.55. The zero-order valence-electron chi connectivity index (χ0n) is 11.8. The number of nitrogens with zero attached hydrogens (tertiary/aromatic N) is 1. The van der Waals surface area contributed by atoms with Crippen molar-refractivity contribution in [3.63, 3.8) is 0 Å². The van der Waals surface area contributed by atoms with Crippen LogP contribution in [0.25, 0.3) is 0 Å². The van der Waals surface area contributed by atoms with Gasteiger partial charge in [-0.25, -0.2) is 0 Å². The van der Waals surface area contributed by atoms with Crippen LogP contribution in [-0.4, -0.2) is 44.2 Å². The molecule has 1 saturated heterocycles. The number of benzene rings is 1. The van der Waals surface area contributed by atoms with Crippen molar-refractivity contribution in [3.05, 3.63) is 23.8 Å². The summed E-state index contributed by atoms with van der Waals surface area (Å²) in [6.45, 7) is 1.43. The second-order valence-corrected chi connectivity index (χ2v) is 4.70. The largest absolute Gasteiger partial charge is 0.493 e. The van der Waals surface area contributed by atoms with Crippen LogP contribution in [-0.2, 0) is 0 Å². The van der Waals surface area contributed by atoms with Gasteiger partial charge in [-0.3, -0.25) is 4.79 Å². The number of ether oxygens (including phenoxy) is 2. The van der Waals surface area contributed by atoms with E-state index in [1.54, 1.807) is 32.4 Å². The number of methoxy groups -OCH3 is 2. The minimum atomic E-state index is 0. The molecule has 1 amide bonds. The fourth-order valence-electron chi connectivity index (χ4n) is 2.25. The Balaban J connectivity index is 0.00000200. The molecule has 0 radical (unpaired) electrons. The lowest BCUT2D eigenvalue weighted by molar-refractivity contribution is 0.0714. The van der Waals surface area contributed by atoms with Crippen molar-refractivity contribution >= 4 is 18.3 Å². The fraction of sp³-hybridized carbons (Fsp3) is 0.500. The van der Waals surface area contributed by atoms with E-state index < -0.39 is 0 Å². The maximum atomic E-state index is 12.4. The first kappa shape index (κ1) is 16.6. The number of carbonyl (C=O) groups is 1. The van der Waals surface area contributed by atoms with Crippen LogP contribution in [0.5, 0.6) is 11.5 Å². The Kier molecular flexibility index (Phi) is 6.10. The van der Waals surface area contributed by atoms with E-state index in [2.05, 4.69) is 0 Å². The molecule has 1 aliphatic rings. The minimum Gasteiger partial charge on any atom is -0.493 e. The number of rotatable bonds is 3. The maximum absolute atomic E-state index is 12.4. The molecule has 1 heterocycles. The molecule has 1 fully saturated rings. The molecule has 0 unspecified atom stereocenters. The van der Waals surface area contributed by atoms with E-state index >= 15 is 0 Å². The number of hydrogen-bond acceptors (Lipinski definition) is 4. The molecule has 0 atom stereocenters. The maximum Gasteiger partial charge on any atom is 0.253 e. The number of halogens is 1. The summed E-state index contributed by atoms with van der Waals surface area (Å²) >= 11 is 0. The number of carbonyl (C=O) groups excluding carboxylic acids is 1. The molecule has 0 spiro atoms. The molecule has 0 aromatic heterocycles. The summed E-state index contributed by atoms with van der Waals surface area (Å²) in [5, 5.41) is 0. The Bertz CT molecular complexity index is 460. The SMILES string of the molecule is COc1ccc(C(=O)N2CCC(N)CC2)cc1OC.Cl. The van der Waals surface area contributed by atoms with Gasteiger partial charge in [0.1, 0.15) is 0 Å². The highest BCUT2D eigenvalue weighted by Gasteiger charge is 2.22. The molecule has 5 nitrogen and oxygen atoms in total. The fourth-order valence-corrected chi connectivity index (χ4v) is 2.25. The topological polar surface area (TPSA) is 64.8 Å². The van der Waals surface area contributed by atoms with Crippen molar-refractivity contribution in [2.24, 2.45) is 5.73 Å². The number of likely N-dealkylation sites (tertiary alicyclic amines) is 1. The molecule has 2 rings (SSSR count). The molecule has 2 N–H and O–H groups in total. The molecule has 20 heavy (non-hydrogen) atoms. The summed E-state index contributed by atoms with van der Waals surface area (Å²) < 4.78 is 10.4. The lowest BCUT2D eigenvalue weighted by Crippen LogP contribution is -2.42. The Morgan fingerprint density at radius 3 is 2.35 bits per heavy atom. The van der Waals surface area contributed by atoms with Gasteiger partial charge in [-0.1, -0.05) is 0 Å². The van der Waals surface area contributed by atoms with Crippen LogP contribution >= 0.6 is 12.4 Å². The predicted octanol–water partition coefficient (Wildman–Crippen LogP) is 1.69. The van der Waals surface area contributed by atoms with Gasteiger partial charge < -0.3 is 20.1 Å². The van der Waals surface area contributed by atoms with Gasteiger partial charge in [0, 0.05) is 24.7 Å². The third-order valence-electron chi connectivity index (χ3n) is 3.46. The van der Waals surface area contributed by atoms with Gasteiger partial charge in [-0.2, -0.15) is 0 Å². The smallest absolute Gasteiger partial charge is 0.253 e. The minimum absolute atomic E-state index is 0. The molecular weight excluding hydrogens is 280 g/mol. The van der Waals surface area contributed by atoms with Crippen LogP contribution in [0, 0.1) is 0 Å². The molecule has 112 valence electrons. The standard InChI is InChI=1S/C14H20N2O3.ClH/c1-18-12-4-3-10(9-13(12)19-2)14(17)16-7-5-11(15)6-8-16;/h3-4,9,11H,5-8,15H2,1-2H3;1H. The monoisotopic (exact) mass is 300 g/mol. The van der Waals surface area contributed by atoms with Gasteiger partial charge in [0.05, 0.1) is 14.2 Å². The molecule has 0 saturated carbocycles. The first-order valence-corrected chi connectivity index (χ1v) is 6.42. The Labute approximate surface area is 125 Å². The number of amides is 1. The van der Waals surface area contributed by atoms with E-state index in [1.807, 2.05) is 4.90 Å². The van der Waals surface area contributed by atoms with Gasteiger partial charge >= 0.3 is 0 Å². The van der Waals surface area contributed by atoms with Gasteiger partial charge in [0.2, 0.25) is 0 Å². The van der Waals surface area contributed by atoms with Gasteiger partial charge in [-0.05, 0) is 31.0 Å². The summed E-state index contributed by atoms with van der Waals surface area (Å²) in [4.78, 5) is 14.2. The molecule has 1 aromatic rings. The number of nitrogens with two attached hydrogens (primary N) is 1. The van der Waals surface area contributed by atoms with Gasteiger partial charge in [-0.15, -0.1) is 12.4 Å². The lowest BCUT2D eigenvalue weighted by Gasteiger charge is -2.30. The zero-order chi connectivity index (χ0) is 13.8. The highest BCUT2D eigenvalue weighted by atomic mass is 35.5. The van der Waals surface area contributed by atoms with E-state index in [1.165, 1.54) is 0 Å². The van der Waals surface area contributed by atoms with Crippen LogP contribution in [0.2, 0.25) is 0 Å². The van der Waals surface area contributed by atoms with Crippen LogP contribution in [0.3, 0.4) is 0 Å². The molecule has 1 aromatic carbocycles. The van der Waals surface area contributed by atoms with Crippen molar-refractivity contribution in [1.82, 2.24) is 4.90 Å². The van der Waals surface area contributed by atoms with E-state index in [9.17, 15) is 4.79 Å². The molecule has 6 heteroatoms. The molecular formula is C14H21ClN2O3. The van der Waals surface area contributed by atoms with E-state index in [-0.39, 0.29) is 24.4 Å². The zero-order valence-corrected chi connectivity index (χ0v) is 12.6. The number of piperidine rings is 1. The average Bonchev–Trinajstić information content (AvgIpc) is 2.46. The van der Waals surface area contributed by atoms with Crippen molar-refractivity contribution in [2.45, 2.75) is 18.9 Å². The third-order valence-corrected chi connectivity index (χ3v) is 3.46. The summed E-state index contributed by atoms with van der Waals surface area (Å²) in [6.07, 6.45) is 1.72. The quantitative estimate of drug-likeness (QED) is 0.922. The molecule has 0 bridgehead atoms. The summed E-state index contributed by atoms with van der Waals surface area (Å²) in [5.41, 5.74) is 6.46. The van der Waals surface area contributed by atoms with Crippen molar-refractivity contribution < 1.29 is 14.3 Å². The summed E-state index contributed by atoms with van der Waals surface area (Å²) in [5.74, 6) is 1.22. The first-order chi connectivity index (χ1) is 9.15. The highest BCUT2D eigenvalue weighted by molar-refractivity contribution is 5.95. The predicted molar refractivity (Wildman–Crippen MR) is 79.9 cm³/mol. The van der Waals surface area contributed by atoms with Gasteiger partial charge in [0.25, 0.3) is 5.91 Å². The van der Waals surface area contributed by atoms with Crippen LogP contribution in [0.4, 0.5) is 0 Å². The first-order valence-electron chi connectivity index (χ1n) is 6.42.